The largest absolute Gasteiger partial charge is 0.486 e. The van der Waals surface area contributed by atoms with E-state index in [0.29, 0.717) is 6.54 Å². The molecule has 0 saturated heterocycles. The van der Waals surface area contributed by atoms with E-state index in [0.717, 1.165) is 31.4 Å². The summed E-state index contributed by atoms with van der Waals surface area (Å²) in [6.45, 7) is 4.37. The molecule has 0 bridgehead atoms. The van der Waals surface area contributed by atoms with Crippen molar-refractivity contribution in [1.29, 1.82) is 0 Å². The molecule has 3 nitrogen and oxygen atoms in total. The van der Waals surface area contributed by atoms with Crippen LogP contribution in [-0.2, 0) is 17.6 Å². The summed E-state index contributed by atoms with van der Waals surface area (Å²) in [5.74, 6) is 0.917. The van der Waals surface area contributed by atoms with Gasteiger partial charge in [-0.05, 0) is 72.6 Å². The zero-order chi connectivity index (χ0) is 19.1. The highest BCUT2D eigenvalue weighted by atomic mass is 16.5. The van der Waals surface area contributed by atoms with Crippen LogP contribution < -0.4 is 10.1 Å². The Balaban J connectivity index is 1.88. The van der Waals surface area contributed by atoms with Gasteiger partial charge in [-0.2, -0.15) is 0 Å². The maximum atomic E-state index is 11.2. The SMILES string of the molecule is CCc1cccc(-c2cc(OC3C=CCCC3)ccc2CCNC(C)=O)c1. The Morgan fingerprint density at radius 2 is 2.11 bits per heavy atom. The molecule has 0 radical (unpaired) electrons. The van der Waals surface area contributed by atoms with Crippen LogP contribution in [0.2, 0.25) is 0 Å². The van der Waals surface area contributed by atoms with E-state index in [1.165, 1.54) is 28.7 Å². The van der Waals surface area contributed by atoms with Crippen LogP contribution in [0.1, 0.15) is 44.2 Å². The fraction of sp³-hybridized carbons (Fsp3) is 0.375. The Kier molecular flexibility index (Phi) is 6.69. The summed E-state index contributed by atoms with van der Waals surface area (Å²) in [5, 5.41) is 2.90. The second kappa shape index (κ2) is 9.40. The number of hydrogen-bond donors (Lipinski definition) is 1. The first-order chi connectivity index (χ1) is 13.2. The third-order valence-electron chi connectivity index (χ3n) is 4.99. The number of ether oxygens (including phenoxy) is 1. The second-order valence-electron chi connectivity index (χ2n) is 7.12. The van der Waals surface area contributed by atoms with Crippen molar-refractivity contribution in [2.75, 3.05) is 6.54 Å². The Morgan fingerprint density at radius 3 is 2.85 bits per heavy atom. The van der Waals surface area contributed by atoms with Gasteiger partial charge in [-0.15, -0.1) is 0 Å². The summed E-state index contributed by atoms with van der Waals surface area (Å²) in [6.07, 6.45) is 9.76. The molecule has 0 aromatic heterocycles. The molecule has 142 valence electrons. The lowest BCUT2D eigenvalue weighted by atomic mass is 9.95. The predicted octanol–water partition coefficient (Wildman–Crippen LogP) is 5.08. The van der Waals surface area contributed by atoms with Crippen molar-refractivity contribution in [2.45, 2.75) is 52.1 Å². The minimum absolute atomic E-state index is 0.00793. The molecule has 2 aromatic carbocycles. The number of hydrogen-bond acceptors (Lipinski definition) is 2. The van der Waals surface area contributed by atoms with Gasteiger partial charge in [0.25, 0.3) is 0 Å². The van der Waals surface area contributed by atoms with Crippen molar-refractivity contribution in [3.8, 4) is 16.9 Å². The summed E-state index contributed by atoms with van der Waals surface area (Å²) in [5.41, 5.74) is 4.94. The Bertz CT molecular complexity index is 810. The van der Waals surface area contributed by atoms with Crippen LogP contribution in [0.25, 0.3) is 11.1 Å². The van der Waals surface area contributed by atoms with Crippen LogP contribution >= 0.6 is 0 Å². The van der Waals surface area contributed by atoms with Crippen molar-refractivity contribution < 1.29 is 9.53 Å². The number of benzene rings is 2. The lowest BCUT2D eigenvalue weighted by Crippen LogP contribution is -2.22. The number of carbonyl (C=O) groups is 1. The van der Waals surface area contributed by atoms with Gasteiger partial charge >= 0.3 is 0 Å². The normalized spacial score (nSPS) is 16.1. The Labute approximate surface area is 162 Å². The predicted molar refractivity (Wildman–Crippen MR) is 111 cm³/mol. The first-order valence-corrected chi connectivity index (χ1v) is 9.95. The molecule has 1 atom stereocenters. The van der Waals surface area contributed by atoms with Gasteiger partial charge in [-0.25, -0.2) is 0 Å². The standard InChI is InChI=1S/C24H29NO2/c1-3-19-8-7-9-21(16-19)24-17-23(27-22-10-5-4-6-11-22)13-12-20(24)14-15-25-18(2)26/h5,7-10,12-13,16-17,22H,3-4,6,11,14-15H2,1-2H3,(H,25,26). The van der Waals surface area contributed by atoms with Gasteiger partial charge in [0, 0.05) is 13.5 Å². The molecule has 0 aliphatic heterocycles. The number of aryl methyl sites for hydroxylation is 1. The third-order valence-corrected chi connectivity index (χ3v) is 4.99. The molecule has 1 aliphatic carbocycles. The summed E-state index contributed by atoms with van der Waals surface area (Å²) < 4.78 is 6.22. The number of rotatable bonds is 7. The molecule has 1 unspecified atom stereocenters. The van der Waals surface area contributed by atoms with E-state index in [4.69, 9.17) is 4.74 Å². The molecule has 1 N–H and O–H groups in total. The highest BCUT2D eigenvalue weighted by Gasteiger charge is 2.13. The smallest absolute Gasteiger partial charge is 0.216 e. The van der Waals surface area contributed by atoms with Crippen LogP contribution in [0.15, 0.2) is 54.6 Å². The van der Waals surface area contributed by atoms with Crippen LogP contribution in [0.4, 0.5) is 0 Å². The van der Waals surface area contributed by atoms with E-state index in [-0.39, 0.29) is 12.0 Å². The fourth-order valence-corrected chi connectivity index (χ4v) is 3.50. The lowest BCUT2D eigenvalue weighted by molar-refractivity contribution is -0.118. The van der Waals surface area contributed by atoms with Crippen molar-refractivity contribution >= 4 is 5.91 Å². The summed E-state index contributed by atoms with van der Waals surface area (Å²) in [7, 11) is 0. The Morgan fingerprint density at radius 1 is 1.22 bits per heavy atom. The van der Waals surface area contributed by atoms with Crippen molar-refractivity contribution in [2.24, 2.45) is 0 Å². The highest BCUT2D eigenvalue weighted by molar-refractivity contribution is 5.73. The lowest BCUT2D eigenvalue weighted by Gasteiger charge is -2.20. The van der Waals surface area contributed by atoms with E-state index >= 15 is 0 Å². The molecule has 0 saturated carbocycles. The quantitative estimate of drug-likeness (QED) is 0.697. The first-order valence-electron chi connectivity index (χ1n) is 9.95. The number of carbonyl (C=O) groups excluding carboxylic acids is 1. The third kappa shape index (κ3) is 5.46. The molecule has 3 heteroatoms. The number of nitrogens with one attached hydrogen (secondary N) is 1. The van der Waals surface area contributed by atoms with Crippen LogP contribution in [0, 0.1) is 0 Å². The van der Waals surface area contributed by atoms with E-state index in [9.17, 15) is 4.79 Å². The number of allylic oxidation sites excluding steroid dienone is 1. The molecule has 0 fully saturated rings. The molecule has 0 spiro atoms. The summed E-state index contributed by atoms with van der Waals surface area (Å²) >= 11 is 0. The van der Waals surface area contributed by atoms with Gasteiger partial charge in [0.15, 0.2) is 0 Å². The minimum atomic E-state index is 0.00793. The fourth-order valence-electron chi connectivity index (χ4n) is 3.50. The molecule has 27 heavy (non-hydrogen) atoms. The van der Waals surface area contributed by atoms with E-state index in [1.807, 2.05) is 0 Å². The van der Waals surface area contributed by atoms with E-state index in [2.05, 4.69) is 66.9 Å². The molecule has 0 heterocycles. The Hall–Kier alpha value is -2.55. The highest BCUT2D eigenvalue weighted by Crippen LogP contribution is 2.30. The summed E-state index contributed by atoms with van der Waals surface area (Å²) in [6, 6.07) is 15.0. The first kappa shape index (κ1) is 19.2. The average molecular weight is 364 g/mol. The topological polar surface area (TPSA) is 38.3 Å². The van der Waals surface area contributed by atoms with Gasteiger partial charge in [-0.3, -0.25) is 4.79 Å². The molecule has 3 rings (SSSR count). The average Bonchev–Trinajstić information content (AvgIpc) is 2.69. The maximum absolute atomic E-state index is 11.2. The van der Waals surface area contributed by atoms with Crippen molar-refractivity contribution in [3.05, 3.63) is 65.7 Å². The van der Waals surface area contributed by atoms with E-state index in [1.54, 1.807) is 6.92 Å². The number of amides is 1. The zero-order valence-electron chi connectivity index (χ0n) is 16.3. The molecular formula is C24H29NO2. The van der Waals surface area contributed by atoms with Gasteiger partial charge in [0.05, 0.1) is 0 Å². The second-order valence-corrected chi connectivity index (χ2v) is 7.12. The van der Waals surface area contributed by atoms with Crippen LogP contribution in [0.3, 0.4) is 0 Å². The van der Waals surface area contributed by atoms with Gasteiger partial charge in [0.1, 0.15) is 11.9 Å². The zero-order valence-corrected chi connectivity index (χ0v) is 16.3. The monoisotopic (exact) mass is 363 g/mol. The molecular weight excluding hydrogens is 334 g/mol. The van der Waals surface area contributed by atoms with Gasteiger partial charge in [0.2, 0.25) is 5.91 Å². The summed E-state index contributed by atoms with van der Waals surface area (Å²) in [4.78, 5) is 11.2. The van der Waals surface area contributed by atoms with Crippen molar-refractivity contribution in [1.82, 2.24) is 5.32 Å². The van der Waals surface area contributed by atoms with Crippen LogP contribution in [-0.4, -0.2) is 18.6 Å². The van der Waals surface area contributed by atoms with Gasteiger partial charge in [-0.1, -0.05) is 43.3 Å². The molecule has 2 aromatic rings. The maximum Gasteiger partial charge on any atom is 0.216 e. The molecule has 1 aliphatic rings. The van der Waals surface area contributed by atoms with Gasteiger partial charge < -0.3 is 10.1 Å². The van der Waals surface area contributed by atoms with Crippen molar-refractivity contribution in [3.63, 3.8) is 0 Å². The van der Waals surface area contributed by atoms with E-state index < -0.39 is 0 Å². The minimum Gasteiger partial charge on any atom is -0.486 e. The molecule has 1 amide bonds. The van der Waals surface area contributed by atoms with Crippen LogP contribution in [0.5, 0.6) is 5.75 Å².